The van der Waals surface area contributed by atoms with Crippen LogP contribution >= 0.6 is 0 Å². The highest BCUT2D eigenvalue weighted by Crippen LogP contribution is 1.58. The van der Waals surface area contributed by atoms with Crippen molar-refractivity contribution in [1.82, 2.24) is 0 Å². The Morgan fingerprint density at radius 1 is 0.688 bits per heavy atom. The normalized spacial score (nSPS) is 13.9. The van der Waals surface area contributed by atoms with E-state index in [1.54, 1.807) is 20.8 Å². The van der Waals surface area contributed by atoms with Crippen molar-refractivity contribution < 1.29 is 12.6 Å². The SMILES string of the molecule is C.CC[S@](N)=O.CC[S@](N)=O.CC[S@](N)=O. The molecule has 0 fully saturated rings. The summed E-state index contributed by atoms with van der Waals surface area (Å²) in [7, 11) is -3.22. The summed E-state index contributed by atoms with van der Waals surface area (Å²) in [5.41, 5.74) is 0. The molecular formula is C7H25N3O3S3. The first-order valence-corrected chi connectivity index (χ1v) is 8.34. The highest BCUT2D eigenvalue weighted by Gasteiger charge is 1.74. The fourth-order valence-electron chi connectivity index (χ4n) is 0. The quantitative estimate of drug-likeness (QED) is 0.650. The average Bonchev–Trinajstić information content (AvgIpc) is 2.19. The zero-order valence-electron chi connectivity index (χ0n) is 9.30. The molecule has 3 atom stereocenters. The van der Waals surface area contributed by atoms with Crippen LogP contribution in [-0.4, -0.2) is 29.9 Å². The van der Waals surface area contributed by atoms with Crippen LogP contribution in [-0.2, 0) is 33.0 Å². The van der Waals surface area contributed by atoms with Crippen LogP contribution in [0.3, 0.4) is 0 Å². The minimum Gasteiger partial charge on any atom is -0.252 e. The van der Waals surface area contributed by atoms with Crippen LogP contribution in [0.2, 0.25) is 0 Å². The van der Waals surface area contributed by atoms with Crippen molar-refractivity contribution in [3.8, 4) is 0 Å². The minimum atomic E-state index is -1.07. The van der Waals surface area contributed by atoms with Gasteiger partial charge in [0.1, 0.15) is 0 Å². The van der Waals surface area contributed by atoms with E-state index in [2.05, 4.69) is 0 Å². The average molecular weight is 295 g/mol. The summed E-state index contributed by atoms with van der Waals surface area (Å²) in [5, 5.41) is 14.3. The molecule has 0 saturated heterocycles. The number of hydrogen-bond acceptors (Lipinski definition) is 3. The molecule has 0 aromatic heterocycles. The lowest BCUT2D eigenvalue weighted by molar-refractivity contribution is 0.684. The Bertz CT molecular complexity index is 169. The first-order valence-electron chi connectivity index (χ1n) is 4.19. The van der Waals surface area contributed by atoms with Crippen LogP contribution in [0.25, 0.3) is 0 Å². The fourth-order valence-corrected chi connectivity index (χ4v) is 0. The third-order valence-corrected chi connectivity index (χ3v) is 2.56. The first kappa shape index (κ1) is 25.2. The van der Waals surface area contributed by atoms with Crippen LogP contribution in [0.1, 0.15) is 28.2 Å². The van der Waals surface area contributed by atoms with Gasteiger partial charge in [-0.05, 0) is 0 Å². The molecule has 0 spiro atoms. The Morgan fingerprint density at radius 2 is 0.750 bits per heavy atom. The number of hydrogen-bond donors (Lipinski definition) is 3. The van der Waals surface area contributed by atoms with Crippen molar-refractivity contribution in [1.29, 1.82) is 0 Å². The molecule has 0 unspecified atom stereocenters. The highest BCUT2D eigenvalue weighted by atomic mass is 32.2. The van der Waals surface area contributed by atoms with Gasteiger partial charge in [-0.15, -0.1) is 0 Å². The van der Waals surface area contributed by atoms with Gasteiger partial charge in [0.2, 0.25) is 0 Å². The summed E-state index contributed by atoms with van der Waals surface area (Å²) in [6, 6.07) is 0. The van der Waals surface area contributed by atoms with Gasteiger partial charge < -0.3 is 0 Å². The Labute approximate surface area is 106 Å². The summed E-state index contributed by atoms with van der Waals surface area (Å²) >= 11 is 0. The van der Waals surface area contributed by atoms with Gasteiger partial charge in [-0.3, -0.25) is 15.4 Å². The van der Waals surface area contributed by atoms with Crippen molar-refractivity contribution >= 4 is 33.0 Å². The maximum atomic E-state index is 9.70. The lowest BCUT2D eigenvalue weighted by atomic mass is 11.0. The third-order valence-electron chi connectivity index (χ3n) is 0.854. The lowest BCUT2D eigenvalue weighted by Gasteiger charge is -1.75. The van der Waals surface area contributed by atoms with Crippen LogP contribution in [0.5, 0.6) is 0 Å². The molecule has 0 amide bonds. The molecule has 0 rings (SSSR count). The topological polar surface area (TPSA) is 129 Å². The van der Waals surface area contributed by atoms with Crippen molar-refractivity contribution in [2.24, 2.45) is 15.4 Å². The van der Waals surface area contributed by atoms with Crippen molar-refractivity contribution in [3.63, 3.8) is 0 Å². The monoisotopic (exact) mass is 295 g/mol. The minimum absolute atomic E-state index is 0. The van der Waals surface area contributed by atoms with Gasteiger partial charge in [-0.2, -0.15) is 0 Å². The Kier molecular flexibility index (Phi) is 32.7. The zero-order valence-corrected chi connectivity index (χ0v) is 11.8. The summed E-state index contributed by atoms with van der Waals surface area (Å²) in [6.07, 6.45) is 0. The molecule has 0 bridgehead atoms. The second kappa shape index (κ2) is 20.7. The summed E-state index contributed by atoms with van der Waals surface area (Å²) in [5.74, 6) is 1.67. The van der Waals surface area contributed by atoms with Gasteiger partial charge in [0.05, 0.1) is 33.0 Å². The molecule has 6 nitrogen and oxygen atoms in total. The van der Waals surface area contributed by atoms with E-state index in [1.807, 2.05) is 0 Å². The largest absolute Gasteiger partial charge is 0.252 e. The van der Waals surface area contributed by atoms with Crippen molar-refractivity contribution in [3.05, 3.63) is 0 Å². The van der Waals surface area contributed by atoms with Gasteiger partial charge in [0.25, 0.3) is 0 Å². The van der Waals surface area contributed by atoms with E-state index in [1.165, 1.54) is 0 Å². The molecule has 104 valence electrons. The molecule has 0 aromatic carbocycles. The second-order valence-corrected chi connectivity index (χ2v) is 6.02. The smallest absolute Gasteiger partial charge is 0.0885 e. The number of nitrogens with two attached hydrogens (primary N) is 3. The maximum Gasteiger partial charge on any atom is 0.0885 e. The second-order valence-electron chi connectivity index (χ2n) is 2.01. The van der Waals surface area contributed by atoms with E-state index in [0.29, 0.717) is 17.3 Å². The number of rotatable bonds is 3. The van der Waals surface area contributed by atoms with Gasteiger partial charge in [-0.1, -0.05) is 28.2 Å². The van der Waals surface area contributed by atoms with E-state index >= 15 is 0 Å². The molecule has 16 heavy (non-hydrogen) atoms. The summed E-state index contributed by atoms with van der Waals surface area (Å²) < 4.78 is 29.1. The Morgan fingerprint density at radius 3 is 0.750 bits per heavy atom. The molecule has 9 heteroatoms. The van der Waals surface area contributed by atoms with Gasteiger partial charge in [0.15, 0.2) is 0 Å². The predicted octanol–water partition coefficient (Wildman–Crippen LogP) is -0.478. The summed E-state index contributed by atoms with van der Waals surface area (Å²) in [6.45, 7) is 5.32. The molecule has 6 N–H and O–H groups in total. The fraction of sp³-hybridized carbons (Fsp3) is 1.00. The highest BCUT2D eigenvalue weighted by molar-refractivity contribution is 7.83. The lowest BCUT2D eigenvalue weighted by Crippen LogP contribution is -2.03. The molecule has 0 aliphatic carbocycles. The molecule has 0 aliphatic rings. The van der Waals surface area contributed by atoms with E-state index in [9.17, 15) is 12.6 Å². The van der Waals surface area contributed by atoms with Crippen LogP contribution in [0.4, 0.5) is 0 Å². The molecule has 0 radical (unpaired) electrons. The zero-order chi connectivity index (χ0) is 12.9. The van der Waals surface area contributed by atoms with Crippen molar-refractivity contribution in [2.75, 3.05) is 17.3 Å². The molecule has 0 aromatic rings. The van der Waals surface area contributed by atoms with E-state index in [4.69, 9.17) is 15.4 Å². The predicted molar refractivity (Wildman–Crippen MR) is 75.3 cm³/mol. The van der Waals surface area contributed by atoms with Gasteiger partial charge in [-0.25, -0.2) is 12.6 Å². The van der Waals surface area contributed by atoms with Gasteiger partial charge >= 0.3 is 0 Å². The van der Waals surface area contributed by atoms with E-state index in [0.717, 1.165) is 0 Å². The molecule has 0 aliphatic heterocycles. The van der Waals surface area contributed by atoms with Crippen LogP contribution < -0.4 is 15.4 Å². The summed E-state index contributed by atoms with van der Waals surface area (Å²) in [4.78, 5) is 0. The third kappa shape index (κ3) is 63.5. The molecule has 0 heterocycles. The maximum absolute atomic E-state index is 9.70. The molecule has 0 saturated carbocycles. The van der Waals surface area contributed by atoms with Crippen LogP contribution in [0, 0.1) is 0 Å². The van der Waals surface area contributed by atoms with Crippen molar-refractivity contribution in [2.45, 2.75) is 28.2 Å². The standard InChI is InChI=1S/3C2H7NOS.CH4/c3*1-2-5(3)4;/h3*2-3H2,1H3;1H4/t3*5-;/m111./s1. The Hall–Kier alpha value is 0.330. The van der Waals surface area contributed by atoms with Gasteiger partial charge in [0, 0.05) is 17.3 Å². The Balaban J connectivity index is -0.0000000655. The van der Waals surface area contributed by atoms with E-state index in [-0.39, 0.29) is 7.43 Å². The molecular weight excluding hydrogens is 270 g/mol. The first-order chi connectivity index (χ1) is 6.81. The van der Waals surface area contributed by atoms with Crippen LogP contribution in [0.15, 0.2) is 0 Å². The van der Waals surface area contributed by atoms with E-state index < -0.39 is 33.0 Å².